The van der Waals surface area contributed by atoms with Crippen molar-refractivity contribution in [2.24, 2.45) is 0 Å². The highest BCUT2D eigenvalue weighted by Crippen LogP contribution is 2.47. The van der Waals surface area contributed by atoms with E-state index >= 15 is 0 Å². The van der Waals surface area contributed by atoms with Gasteiger partial charge in [0, 0.05) is 35.5 Å². The maximum absolute atomic E-state index is 11.2. The van der Waals surface area contributed by atoms with Crippen molar-refractivity contribution in [2.75, 3.05) is 16.8 Å². The zero-order valence-corrected chi connectivity index (χ0v) is 15.5. The number of benzene rings is 2. The van der Waals surface area contributed by atoms with Gasteiger partial charge in [0.15, 0.2) is 0 Å². The lowest BCUT2D eigenvalue weighted by Gasteiger charge is -2.32. The highest BCUT2D eigenvalue weighted by atomic mass is 16.6. The molecule has 26 heavy (non-hydrogen) atoms. The van der Waals surface area contributed by atoms with Crippen LogP contribution in [0.25, 0.3) is 0 Å². The molecule has 0 bridgehead atoms. The van der Waals surface area contributed by atoms with Crippen molar-refractivity contribution in [1.82, 2.24) is 0 Å². The van der Waals surface area contributed by atoms with Crippen molar-refractivity contribution >= 4 is 17.1 Å². The number of nitro benzene ring substituents is 1. The highest BCUT2D eigenvalue weighted by Gasteiger charge is 2.43. The summed E-state index contributed by atoms with van der Waals surface area (Å²) in [6, 6.07) is 15.4. The molecule has 5 heteroatoms. The number of nitrogens with one attached hydrogen (secondary N) is 1. The van der Waals surface area contributed by atoms with E-state index in [2.05, 4.69) is 37.1 Å². The van der Waals surface area contributed by atoms with E-state index in [1.54, 1.807) is 12.1 Å². The Hall–Kier alpha value is -2.82. The molecule has 0 saturated carbocycles. The Balaban J connectivity index is 1.92. The van der Waals surface area contributed by atoms with Gasteiger partial charge in [-0.3, -0.25) is 10.1 Å². The lowest BCUT2D eigenvalue weighted by molar-refractivity contribution is -0.384. The molecule has 1 N–H and O–H groups in total. The number of hydrogen-bond donors (Lipinski definition) is 1. The predicted molar refractivity (Wildman–Crippen MR) is 107 cm³/mol. The van der Waals surface area contributed by atoms with Crippen LogP contribution < -0.4 is 10.2 Å². The Bertz CT molecular complexity index is 815. The highest BCUT2D eigenvalue weighted by molar-refractivity contribution is 5.68. The summed E-state index contributed by atoms with van der Waals surface area (Å²) < 4.78 is 0. The van der Waals surface area contributed by atoms with Gasteiger partial charge in [0.25, 0.3) is 5.69 Å². The molecular weight excluding hydrogens is 326 g/mol. The molecule has 1 atom stereocenters. The van der Waals surface area contributed by atoms with Crippen LogP contribution in [-0.2, 0) is 5.41 Å². The minimum Gasteiger partial charge on any atom is -0.364 e. The Kier molecular flexibility index (Phi) is 4.98. The van der Waals surface area contributed by atoms with Crippen LogP contribution in [0.1, 0.15) is 32.8 Å². The topological polar surface area (TPSA) is 58.4 Å². The van der Waals surface area contributed by atoms with Gasteiger partial charge in [-0.05, 0) is 42.5 Å². The molecule has 136 valence electrons. The molecule has 1 aliphatic rings. The fraction of sp³-hybridized carbons (Fsp3) is 0.333. The Morgan fingerprint density at radius 3 is 2.62 bits per heavy atom. The first kappa shape index (κ1) is 18.0. The van der Waals surface area contributed by atoms with E-state index in [-0.39, 0.29) is 22.1 Å². The maximum Gasteiger partial charge on any atom is 0.269 e. The summed E-state index contributed by atoms with van der Waals surface area (Å²) in [4.78, 5) is 13.2. The van der Waals surface area contributed by atoms with Crippen LogP contribution in [0, 0.1) is 10.1 Å². The SMILES string of the molecule is CCCN1c2ccc([N+](=O)[O-])cc2C(C)(C)C1/C=C/Nc1ccccc1. The molecule has 1 heterocycles. The van der Waals surface area contributed by atoms with Crippen molar-refractivity contribution in [3.8, 4) is 0 Å². The summed E-state index contributed by atoms with van der Waals surface area (Å²) in [7, 11) is 0. The van der Waals surface area contributed by atoms with Gasteiger partial charge in [-0.15, -0.1) is 0 Å². The van der Waals surface area contributed by atoms with Crippen molar-refractivity contribution in [3.63, 3.8) is 0 Å². The van der Waals surface area contributed by atoms with Gasteiger partial charge < -0.3 is 10.2 Å². The van der Waals surface area contributed by atoms with Gasteiger partial charge in [-0.1, -0.05) is 39.0 Å². The molecule has 0 fully saturated rings. The zero-order valence-electron chi connectivity index (χ0n) is 15.5. The third kappa shape index (κ3) is 3.29. The summed E-state index contributed by atoms with van der Waals surface area (Å²) in [6.07, 6.45) is 5.15. The number of rotatable bonds is 6. The molecule has 3 rings (SSSR count). The fourth-order valence-corrected chi connectivity index (χ4v) is 3.72. The van der Waals surface area contributed by atoms with Crippen LogP contribution in [-0.4, -0.2) is 17.5 Å². The molecule has 2 aromatic carbocycles. The number of hydrogen-bond acceptors (Lipinski definition) is 4. The summed E-state index contributed by atoms with van der Waals surface area (Å²) >= 11 is 0. The molecule has 0 aromatic heterocycles. The maximum atomic E-state index is 11.2. The van der Waals surface area contributed by atoms with Crippen LogP contribution in [0.2, 0.25) is 0 Å². The first-order valence-corrected chi connectivity index (χ1v) is 8.99. The Morgan fingerprint density at radius 2 is 1.96 bits per heavy atom. The number of anilines is 2. The first-order chi connectivity index (χ1) is 12.4. The fourth-order valence-electron chi connectivity index (χ4n) is 3.72. The first-order valence-electron chi connectivity index (χ1n) is 8.99. The van der Waals surface area contributed by atoms with Crippen LogP contribution in [0.5, 0.6) is 0 Å². The van der Waals surface area contributed by atoms with E-state index in [0.29, 0.717) is 0 Å². The molecule has 5 nitrogen and oxygen atoms in total. The van der Waals surface area contributed by atoms with Gasteiger partial charge in [0.2, 0.25) is 0 Å². The van der Waals surface area contributed by atoms with E-state index in [1.807, 2.05) is 42.6 Å². The molecule has 0 amide bonds. The smallest absolute Gasteiger partial charge is 0.269 e. The third-order valence-corrected chi connectivity index (χ3v) is 5.04. The minimum atomic E-state index is -0.319. The van der Waals surface area contributed by atoms with Gasteiger partial charge in [0.1, 0.15) is 0 Å². The molecule has 2 aromatic rings. The third-order valence-electron chi connectivity index (χ3n) is 5.04. The predicted octanol–water partition coefficient (Wildman–Crippen LogP) is 5.10. The van der Waals surface area contributed by atoms with E-state index in [9.17, 15) is 10.1 Å². The van der Waals surface area contributed by atoms with Crippen LogP contribution in [0.15, 0.2) is 60.8 Å². The summed E-state index contributed by atoms with van der Waals surface area (Å²) in [5.74, 6) is 0. The van der Waals surface area contributed by atoms with Gasteiger partial charge >= 0.3 is 0 Å². The van der Waals surface area contributed by atoms with Gasteiger partial charge in [0.05, 0.1) is 11.0 Å². The Morgan fingerprint density at radius 1 is 1.23 bits per heavy atom. The lowest BCUT2D eigenvalue weighted by Crippen LogP contribution is -2.40. The second-order valence-electron chi connectivity index (χ2n) is 7.19. The molecule has 1 aliphatic heterocycles. The van der Waals surface area contributed by atoms with Gasteiger partial charge in [-0.2, -0.15) is 0 Å². The average molecular weight is 351 g/mol. The van der Waals surface area contributed by atoms with Crippen molar-refractivity contribution < 1.29 is 4.92 Å². The van der Waals surface area contributed by atoms with Gasteiger partial charge in [-0.25, -0.2) is 0 Å². The zero-order chi connectivity index (χ0) is 18.7. The molecule has 1 unspecified atom stereocenters. The number of para-hydroxylation sites is 1. The average Bonchev–Trinajstić information content (AvgIpc) is 2.84. The number of nitro groups is 1. The molecule has 0 saturated heterocycles. The quantitative estimate of drug-likeness (QED) is 0.581. The number of fused-ring (bicyclic) bond motifs is 1. The second-order valence-corrected chi connectivity index (χ2v) is 7.19. The summed E-state index contributed by atoms with van der Waals surface area (Å²) in [5, 5.41) is 14.5. The van der Waals surface area contributed by atoms with Crippen molar-refractivity contribution in [2.45, 2.75) is 38.6 Å². The summed E-state index contributed by atoms with van der Waals surface area (Å²) in [6.45, 7) is 7.37. The van der Waals surface area contributed by atoms with E-state index in [1.165, 1.54) is 0 Å². The standard InChI is InChI=1S/C21H25N3O2/c1-4-14-23-19-11-10-17(24(25)26)15-18(19)21(2,3)20(23)12-13-22-16-8-6-5-7-9-16/h5-13,15,20,22H,4,14H2,1-3H3/b13-12+. The number of nitrogens with zero attached hydrogens (tertiary/aromatic N) is 2. The molecule has 0 radical (unpaired) electrons. The summed E-state index contributed by atoms with van der Waals surface area (Å²) in [5.41, 5.74) is 3.10. The van der Waals surface area contributed by atoms with Crippen molar-refractivity contribution in [3.05, 3.63) is 76.5 Å². The Labute approximate surface area is 154 Å². The number of non-ortho nitro benzene ring substituents is 1. The lowest BCUT2D eigenvalue weighted by atomic mass is 9.80. The molecule has 0 aliphatic carbocycles. The monoisotopic (exact) mass is 351 g/mol. The van der Waals surface area contributed by atoms with Crippen LogP contribution in [0.3, 0.4) is 0 Å². The largest absolute Gasteiger partial charge is 0.364 e. The van der Waals surface area contributed by atoms with E-state index in [0.717, 1.165) is 29.9 Å². The van der Waals surface area contributed by atoms with Crippen LogP contribution in [0.4, 0.5) is 17.1 Å². The van der Waals surface area contributed by atoms with E-state index < -0.39 is 0 Å². The van der Waals surface area contributed by atoms with Crippen molar-refractivity contribution in [1.29, 1.82) is 0 Å². The van der Waals surface area contributed by atoms with Crippen LogP contribution >= 0.6 is 0 Å². The minimum absolute atomic E-state index is 0.135. The molecular formula is C21H25N3O2. The normalized spacial score (nSPS) is 18.1. The van der Waals surface area contributed by atoms with E-state index in [4.69, 9.17) is 0 Å². The second kappa shape index (κ2) is 7.20. The molecule has 0 spiro atoms.